The maximum Gasteiger partial charge on any atom is 0.266 e. The minimum Gasteiger partial charge on any atom is -0.595 e. The van der Waals surface area contributed by atoms with Crippen molar-refractivity contribution in [3.05, 3.63) is 70.6 Å². The third kappa shape index (κ3) is 3.05. The van der Waals surface area contributed by atoms with Crippen LogP contribution in [0, 0.1) is 5.21 Å². The molecule has 3 aromatic rings. The van der Waals surface area contributed by atoms with E-state index in [0.29, 0.717) is 18.5 Å². The van der Waals surface area contributed by atoms with Crippen LogP contribution in [0.2, 0.25) is 0 Å². The van der Waals surface area contributed by atoms with E-state index in [2.05, 4.69) is 10.1 Å². The molecule has 2 aromatic carbocycles. The second-order valence-electron chi connectivity index (χ2n) is 7.44. The highest BCUT2D eigenvalue weighted by Crippen LogP contribution is 2.32. The van der Waals surface area contributed by atoms with E-state index < -0.39 is 11.3 Å². The Hall–Kier alpha value is -3.53. The van der Waals surface area contributed by atoms with Crippen LogP contribution in [-0.4, -0.2) is 50.7 Å². The number of quaternary nitrogens is 1. The Bertz CT molecular complexity index is 1170. The zero-order valence-electron chi connectivity index (χ0n) is 15.9. The molecular formula is C21H19N5O4. The van der Waals surface area contributed by atoms with Gasteiger partial charge in [-0.15, -0.1) is 0 Å². The number of nitrogens with zero attached hydrogens (tertiary/aromatic N) is 3. The van der Waals surface area contributed by atoms with Gasteiger partial charge in [-0.25, -0.2) is 10.2 Å². The number of H-pyrrole nitrogens is 1. The van der Waals surface area contributed by atoms with Gasteiger partial charge in [-0.1, -0.05) is 18.2 Å². The van der Waals surface area contributed by atoms with Crippen molar-refractivity contribution in [2.75, 3.05) is 6.54 Å². The number of carbonyl (C=O) groups is 2. The Morgan fingerprint density at radius 2 is 1.90 bits per heavy atom. The molecule has 0 radical (unpaired) electrons. The molecule has 1 fully saturated rings. The van der Waals surface area contributed by atoms with Crippen LogP contribution in [0.5, 0.6) is 0 Å². The summed E-state index contributed by atoms with van der Waals surface area (Å²) < 4.78 is 0. The maximum atomic E-state index is 13.1. The highest BCUT2D eigenvalue weighted by molar-refractivity contribution is 5.97. The average Bonchev–Trinajstić information content (AvgIpc) is 3.12. The molecule has 2 amide bonds. The lowest BCUT2D eigenvalue weighted by atomic mass is 9.94. The Balaban J connectivity index is 1.39. The molecule has 3 heterocycles. The van der Waals surface area contributed by atoms with Gasteiger partial charge >= 0.3 is 0 Å². The van der Waals surface area contributed by atoms with E-state index >= 15 is 0 Å². The van der Waals surface area contributed by atoms with Crippen LogP contribution < -0.4 is 5.23 Å². The van der Waals surface area contributed by atoms with Crippen LogP contribution in [0.1, 0.15) is 16.8 Å². The predicted octanol–water partition coefficient (Wildman–Crippen LogP) is 0.701. The predicted molar refractivity (Wildman–Crippen MR) is 108 cm³/mol. The van der Waals surface area contributed by atoms with Crippen LogP contribution in [-0.2, 0) is 22.6 Å². The van der Waals surface area contributed by atoms with Crippen LogP contribution in [0.25, 0.3) is 10.9 Å². The third-order valence-corrected chi connectivity index (χ3v) is 5.65. The quantitative estimate of drug-likeness (QED) is 0.439. The monoisotopic (exact) mass is 405 g/mol. The smallest absolute Gasteiger partial charge is 0.266 e. The van der Waals surface area contributed by atoms with Crippen molar-refractivity contribution in [2.45, 2.75) is 19.0 Å². The molecule has 0 spiro atoms. The number of rotatable bonds is 3. The number of aromatic nitrogens is 1. The zero-order chi connectivity index (χ0) is 20.8. The van der Waals surface area contributed by atoms with Crippen molar-refractivity contribution >= 4 is 34.6 Å². The summed E-state index contributed by atoms with van der Waals surface area (Å²) >= 11 is 0. The first-order valence-electron chi connectivity index (χ1n) is 9.58. The standard InChI is InChI=1S/C21H19N5O4/c27-20-12-25(22-10-13-5-7-14(8-6-13)26(29)30)21(28)19-9-16-15-3-1-2-4-17(15)23-18(16)11-24(19)20/h1-8,10,19,23,26,29H,9,11-12H2. The number of hydrazone groups is 1. The summed E-state index contributed by atoms with van der Waals surface area (Å²) in [5.74, 6) is -0.369. The first-order chi connectivity index (χ1) is 14.5. The van der Waals surface area contributed by atoms with E-state index in [1.807, 2.05) is 24.3 Å². The summed E-state index contributed by atoms with van der Waals surface area (Å²) in [4.78, 5) is 30.8. The van der Waals surface area contributed by atoms with E-state index in [1.54, 1.807) is 17.0 Å². The number of nitrogens with one attached hydrogen (secondary N) is 2. The number of hydrogen-bond donors (Lipinski definition) is 3. The normalized spacial score (nSPS) is 20.0. The lowest BCUT2D eigenvalue weighted by Gasteiger charge is -2.40. The number of amides is 2. The summed E-state index contributed by atoms with van der Waals surface area (Å²) in [6, 6.07) is 13.5. The van der Waals surface area contributed by atoms with Crippen LogP contribution >= 0.6 is 0 Å². The molecule has 2 unspecified atom stereocenters. The van der Waals surface area contributed by atoms with Gasteiger partial charge in [-0.3, -0.25) is 9.59 Å². The lowest BCUT2D eigenvalue weighted by Crippen LogP contribution is -2.99. The molecule has 30 heavy (non-hydrogen) atoms. The van der Waals surface area contributed by atoms with Crippen LogP contribution in [0.3, 0.4) is 0 Å². The largest absolute Gasteiger partial charge is 0.595 e. The summed E-state index contributed by atoms with van der Waals surface area (Å²) in [5, 5.41) is 25.4. The van der Waals surface area contributed by atoms with Gasteiger partial charge in [0.25, 0.3) is 5.91 Å². The molecule has 0 aliphatic carbocycles. The Labute approximate surface area is 171 Å². The van der Waals surface area contributed by atoms with Gasteiger partial charge in [0.15, 0.2) is 5.69 Å². The zero-order valence-corrected chi connectivity index (χ0v) is 15.9. The van der Waals surface area contributed by atoms with Gasteiger partial charge < -0.3 is 15.1 Å². The molecule has 152 valence electrons. The van der Waals surface area contributed by atoms with Gasteiger partial charge in [0, 0.05) is 35.2 Å². The molecule has 2 atom stereocenters. The third-order valence-electron chi connectivity index (χ3n) is 5.65. The number of carbonyl (C=O) groups excluding carboxylic acids is 2. The van der Waals surface area contributed by atoms with Crippen molar-refractivity contribution in [3.8, 4) is 0 Å². The first kappa shape index (κ1) is 18.5. The van der Waals surface area contributed by atoms with E-state index in [9.17, 15) is 14.8 Å². The number of aromatic amines is 1. The SMILES string of the molecule is O=C1C2Cc3c([nH]c4ccccc34)CN2C(=O)CN1N=Cc1ccc([NH+]([O-])O)cc1. The fourth-order valence-electron chi connectivity index (χ4n) is 4.11. The Morgan fingerprint density at radius 3 is 2.67 bits per heavy atom. The van der Waals surface area contributed by atoms with Crippen LogP contribution in [0.15, 0.2) is 53.6 Å². The molecule has 1 saturated heterocycles. The van der Waals surface area contributed by atoms with Gasteiger partial charge in [-0.2, -0.15) is 10.3 Å². The highest BCUT2D eigenvalue weighted by Gasteiger charge is 2.43. The Morgan fingerprint density at radius 1 is 1.13 bits per heavy atom. The van der Waals surface area contributed by atoms with Gasteiger partial charge in [-0.05, 0) is 29.3 Å². The minimum absolute atomic E-state index is 0.116. The molecule has 3 N–H and O–H groups in total. The highest BCUT2D eigenvalue weighted by atomic mass is 16.8. The Kier molecular flexibility index (Phi) is 4.35. The number of benzene rings is 2. The van der Waals surface area contributed by atoms with Crippen molar-refractivity contribution in [3.63, 3.8) is 0 Å². The van der Waals surface area contributed by atoms with E-state index in [0.717, 1.165) is 22.2 Å². The number of piperazine rings is 1. The summed E-state index contributed by atoms with van der Waals surface area (Å²) in [7, 11) is 0. The fraction of sp³-hybridized carbons (Fsp3) is 0.190. The van der Waals surface area contributed by atoms with Crippen molar-refractivity contribution in [2.24, 2.45) is 5.10 Å². The molecule has 2 aliphatic heterocycles. The molecule has 9 heteroatoms. The summed E-state index contributed by atoms with van der Waals surface area (Å²) in [6.07, 6.45) is 1.91. The molecular weight excluding hydrogens is 386 g/mol. The topological polar surface area (TPSA) is 117 Å². The summed E-state index contributed by atoms with van der Waals surface area (Å²) in [5.41, 5.74) is 3.86. The molecule has 0 saturated carbocycles. The van der Waals surface area contributed by atoms with Crippen molar-refractivity contribution < 1.29 is 20.0 Å². The van der Waals surface area contributed by atoms with E-state index in [4.69, 9.17) is 5.21 Å². The van der Waals surface area contributed by atoms with Gasteiger partial charge in [0.05, 0.1) is 12.8 Å². The first-order valence-corrected chi connectivity index (χ1v) is 9.58. The second-order valence-corrected chi connectivity index (χ2v) is 7.44. The molecule has 5 rings (SSSR count). The fourth-order valence-corrected chi connectivity index (χ4v) is 4.11. The number of fused-ring (bicyclic) bond motifs is 4. The molecule has 2 aliphatic rings. The van der Waals surface area contributed by atoms with Crippen molar-refractivity contribution in [1.82, 2.24) is 14.9 Å². The van der Waals surface area contributed by atoms with E-state index in [-0.39, 0.29) is 24.0 Å². The lowest BCUT2D eigenvalue weighted by molar-refractivity contribution is -0.991. The molecule has 0 bridgehead atoms. The maximum absolute atomic E-state index is 13.1. The molecule has 9 nitrogen and oxygen atoms in total. The van der Waals surface area contributed by atoms with Crippen molar-refractivity contribution in [1.29, 1.82) is 0 Å². The summed E-state index contributed by atoms with van der Waals surface area (Å²) in [6.45, 7) is 0.266. The van der Waals surface area contributed by atoms with Gasteiger partial charge in [0.1, 0.15) is 12.6 Å². The molecule has 1 aromatic heterocycles. The minimum atomic E-state index is -1.01. The average molecular weight is 405 g/mol. The number of hydrogen-bond acceptors (Lipinski definition) is 5. The van der Waals surface area contributed by atoms with Crippen LogP contribution in [0.4, 0.5) is 5.69 Å². The second kappa shape index (κ2) is 7.06. The van der Waals surface area contributed by atoms with E-state index in [1.165, 1.54) is 23.4 Å². The number of para-hydroxylation sites is 1. The van der Waals surface area contributed by atoms with Gasteiger partial charge in [0.2, 0.25) is 5.91 Å².